The van der Waals surface area contributed by atoms with Gasteiger partial charge in [-0.3, -0.25) is 4.57 Å². The standard InChI is InChI=1S/C13H29O3P/c1-4-7-9-11-16-17(14,15)12-13(6-3)10-8-5-2/h13H,4-12H2,1-3H3,(H,14,15). The minimum absolute atomic E-state index is 0.329. The summed E-state index contributed by atoms with van der Waals surface area (Å²) in [5.74, 6) is 0.331. The number of hydrogen-bond donors (Lipinski definition) is 1. The van der Waals surface area contributed by atoms with E-state index in [0.717, 1.165) is 44.9 Å². The first kappa shape index (κ1) is 17.2. The molecule has 0 bridgehead atoms. The normalized spacial score (nSPS) is 16.7. The maximum absolute atomic E-state index is 11.8. The van der Waals surface area contributed by atoms with Gasteiger partial charge in [-0.1, -0.05) is 52.9 Å². The first-order valence-corrected chi connectivity index (χ1v) is 8.78. The highest BCUT2D eigenvalue weighted by Gasteiger charge is 2.23. The van der Waals surface area contributed by atoms with E-state index in [1.54, 1.807) is 0 Å². The van der Waals surface area contributed by atoms with Gasteiger partial charge in [-0.15, -0.1) is 0 Å². The van der Waals surface area contributed by atoms with Gasteiger partial charge < -0.3 is 9.42 Å². The van der Waals surface area contributed by atoms with Crippen molar-refractivity contribution in [3.8, 4) is 0 Å². The molecule has 0 aliphatic carbocycles. The summed E-state index contributed by atoms with van der Waals surface area (Å²) < 4.78 is 17.0. The van der Waals surface area contributed by atoms with Crippen LogP contribution in [0.15, 0.2) is 0 Å². The maximum atomic E-state index is 11.8. The molecule has 0 aromatic carbocycles. The Labute approximate surface area is 106 Å². The van der Waals surface area contributed by atoms with Crippen LogP contribution in [-0.4, -0.2) is 17.7 Å². The van der Waals surface area contributed by atoms with Crippen LogP contribution >= 0.6 is 7.60 Å². The van der Waals surface area contributed by atoms with Crippen molar-refractivity contribution < 1.29 is 14.0 Å². The van der Waals surface area contributed by atoms with Gasteiger partial charge in [0.25, 0.3) is 0 Å². The van der Waals surface area contributed by atoms with Crippen LogP contribution in [0.25, 0.3) is 0 Å². The van der Waals surface area contributed by atoms with Gasteiger partial charge in [0.15, 0.2) is 0 Å². The van der Waals surface area contributed by atoms with Gasteiger partial charge >= 0.3 is 7.60 Å². The highest BCUT2D eigenvalue weighted by atomic mass is 31.2. The number of rotatable bonds is 11. The van der Waals surface area contributed by atoms with Gasteiger partial charge in [0.05, 0.1) is 12.8 Å². The van der Waals surface area contributed by atoms with Crippen molar-refractivity contribution in [2.45, 2.75) is 65.7 Å². The summed E-state index contributed by atoms with van der Waals surface area (Å²) in [5, 5.41) is 0. The minimum Gasteiger partial charge on any atom is -0.324 e. The summed E-state index contributed by atoms with van der Waals surface area (Å²) in [7, 11) is -3.35. The lowest BCUT2D eigenvalue weighted by Gasteiger charge is -2.18. The molecule has 104 valence electrons. The van der Waals surface area contributed by atoms with E-state index in [4.69, 9.17) is 4.52 Å². The van der Waals surface area contributed by atoms with Gasteiger partial charge in [0, 0.05) is 0 Å². The number of unbranched alkanes of at least 4 members (excludes halogenated alkanes) is 3. The van der Waals surface area contributed by atoms with E-state index in [-0.39, 0.29) is 0 Å². The van der Waals surface area contributed by atoms with Crippen LogP contribution in [-0.2, 0) is 9.09 Å². The molecule has 0 heterocycles. The molecule has 0 saturated heterocycles. The van der Waals surface area contributed by atoms with Crippen molar-refractivity contribution in [2.75, 3.05) is 12.8 Å². The van der Waals surface area contributed by atoms with E-state index in [0.29, 0.717) is 18.7 Å². The average Bonchev–Trinajstić information content (AvgIpc) is 2.30. The molecule has 0 spiro atoms. The summed E-state index contributed by atoms with van der Waals surface area (Å²) in [5.41, 5.74) is 0. The molecule has 4 heteroatoms. The predicted molar refractivity (Wildman–Crippen MR) is 73.5 cm³/mol. The van der Waals surface area contributed by atoms with Crippen LogP contribution in [0.2, 0.25) is 0 Å². The monoisotopic (exact) mass is 264 g/mol. The highest BCUT2D eigenvalue weighted by Crippen LogP contribution is 2.45. The first-order chi connectivity index (χ1) is 8.05. The molecule has 0 saturated carbocycles. The van der Waals surface area contributed by atoms with Crippen LogP contribution < -0.4 is 0 Å². The summed E-state index contributed by atoms with van der Waals surface area (Å²) in [6.07, 6.45) is 7.65. The smallest absolute Gasteiger partial charge is 0.324 e. The Morgan fingerprint density at radius 2 is 1.76 bits per heavy atom. The van der Waals surface area contributed by atoms with E-state index in [2.05, 4.69) is 20.8 Å². The molecule has 2 unspecified atom stereocenters. The highest BCUT2D eigenvalue weighted by molar-refractivity contribution is 7.52. The molecular weight excluding hydrogens is 235 g/mol. The zero-order chi connectivity index (χ0) is 13.1. The molecule has 0 radical (unpaired) electrons. The van der Waals surface area contributed by atoms with E-state index in [1.165, 1.54) is 0 Å². The number of hydrogen-bond acceptors (Lipinski definition) is 2. The molecule has 3 nitrogen and oxygen atoms in total. The van der Waals surface area contributed by atoms with E-state index in [9.17, 15) is 9.46 Å². The Kier molecular flexibility index (Phi) is 10.2. The lowest BCUT2D eigenvalue weighted by molar-refractivity contribution is 0.247. The second-order valence-electron chi connectivity index (χ2n) is 4.78. The molecule has 0 fully saturated rings. The van der Waals surface area contributed by atoms with Crippen LogP contribution in [0.5, 0.6) is 0 Å². The van der Waals surface area contributed by atoms with E-state index in [1.807, 2.05) is 0 Å². The van der Waals surface area contributed by atoms with Crippen LogP contribution in [0.4, 0.5) is 0 Å². The van der Waals surface area contributed by atoms with Gasteiger partial charge in [0.1, 0.15) is 0 Å². The molecule has 0 aliphatic heterocycles. The molecule has 0 amide bonds. The Morgan fingerprint density at radius 1 is 1.12 bits per heavy atom. The lowest BCUT2D eigenvalue weighted by Crippen LogP contribution is -2.08. The van der Waals surface area contributed by atoms with Gasteiger partial charge in [-0.05, 0) is 18.8 Å². The fraction of sp³-hybridized carbons (Fsp3) is 1.00. The van der Waals surface area contributed by atoms with Crippen molar-refractivity contribution in [3.63, 3.8) is 0 Å². The molecule has 0 rings (SSSR count). The average molecular weight is 264 g/mol. The van der Waals surface area contributed by atoms with Gasteiger partial charge in [0.2, 0.25) is 0 Å². The molecule has 0 aromatic heterocycles. The largest absolute Gasteiger partial charge is 0.328 e. The zero-order valence-electron chi connectivity index (χ0n) is 11.7. The van der Waals surface area contributed by atoms with Crippen molar-refractivity contribution >= 4 is 7.60 Å². The summed E-state index contributed by atoms with van der Waals surface area (Å²) in [4.78, 5) is 9.75. The predicted octanol–water partition coefficient (Wildman–Crippen LogP) is 4.60. The molecule has 0 aliphatic rings. The van der Waals surface area contributed by atoms with E-state index < -0.39 is 7.60 Å². The van der Waals surface area contributed by atoms with Crippen LogP contribution in [0.1, 0.15) is 65.7 Å². The fourth-order valence-corrected chi connectivity index (χ4v) is 3.47. The Bertz CT molecular complexity index is 219. The van der Waals surface area contributed by atoms with Crippen LogP contribution in [0, 0.1) is 5.92 Å². The minimum atomic E-state index is -3.35. The van der Waals surface area contributed by atoms with Crippen molar-refractivity contribution in [3.05, 3.63) is 0 Å². The van der Waals surface area contributed by atoms with E-state index >= 15 is 0 Å². The topological polar surface area (TPSA) is 46.5 Å². The quantitative estimate of drug-likeness (QED) is 0.438. The Balaban J connectivity index is 3.90. The molecule has 17 heavy (non-hydrogen) atoms. The second kappa shape index (κ2) is 10.1. The summed E-state index contributed by atoms with van der Waals surface area (Å²) >= 11 is 0. The third-order valence-corrected chi connectivity index (χ3v) is 4.64. The fourth-order valence-electron chi connectivity index (χ4n) is 1.86. The third kappa shape index (κ3) is 9.82. The third-order valence-electron chi connectivity index (χ3n) is 3.07. The molecule has 2 atom stereocenters. The molecule has 1 N–H and O–H groups in total. The summed E-state index contributed by atoms with van der Waals surface area (Å²) in [6, 6.07) is 0. The van der Waals surface area contributed by atoms with Gasteiger partial charge in [-0.25, -0.2) is 0 Å². The van der Waals surface area contributed by atoms with Crippen molar-refractivity contribution in [2.24, 2.45) is 5.92 Å². The molecule has 0 aromatic rings. The first-order valence-electron chi connectivity index (χ1n) is 7.02. The Morgan fingerprint density at radius 3 is 2.29 bits per heavy atom. The van der Waals surface area contributed by atoms with Crippen molar-refractivity contribution in [1.29, 1.82) is 0 Å². The maximum Gasteiger partial charge on any atom is 0.328 e. The Hall–Kier alpha value is 0.150. The van der Waals surface area contributed by atoms with Crippen molar-refractivity contribution in [1.82, 2.24) is 0 Å². The lowest BCUT2D eigenvalue weighted by atomic mass is 10.0. The zero-order valence-corrected chi connectivity index (χ0v) is 12.5. The van der Waals surface area contributed by atoms with Gasteiger partial charge in [-0.2, -0.15) is 0 Å². The second-order valence-corrected chi connectivity index (χ2v) is 6.68. The summed E-state index contributed by atoms with van der Waals surface area (Å²) in [6.45, 7) is 6.76. The molecular formula is C13H29O3P. The SMILES string of the molecule is CCCCCOP(=O)(O)CC(CC)CCCC. The van der Waals surface area contributed by atoms with Crippen LogP contribution in [0.3, 0.4) is 0 Å².